The van der Waals surface area contributed by atoms with Gasteiger partial charge in [0.25, 0.3) is 11.8 Å². The van der Waals surface area contributed by atoms with Crippen LogP contribution in [0, 0.1) is 0 Å². The maximum atomic E-state index is 13.4. The average Bonchev–Trinajstić information content (AvgIpc) is 4.01. The highest BCUT2D eigenvalue weighted by molar-refractivity contribution is 6.00. The Bertz CT molecular complexity index is 2010. The van der Waals surface area contributed by atoms with E-state index in [4.69, 9.17) is 4.42 Å². The predicted octanol–water partition coefficient (Wildman–Crippen LogP) is 5.68. The standard InChI is InChI=1S/C43H43N5O7/c1-42(53,30-11-5-3-6-12-30)40(51)47-25-9-15-34(47)37(49)45-32-21-17-28(18-22-32)36-27-44-39(55-36)29-19-23-33(24-20-29)46-38(50)35-16-10-26-48(35)41(52)43(2,54)31-13-7-4-8-14-31/h3-8,11-14,17-24,27,34-35,53-54H,9-10,15-16,25-26H2,1-2H3,(H,45,49)(H,46,50)/t34-,35-,42-,43-/m0/s1. The lowest BCUT2D eigenvalue weighted by atomic mass is 9.94. The summed E-state index contributed by atoms with van der Waals surface area (Å²) in [6.07, 6.45) is 3.90. The van der Waals surface area contributed by atoms with Crippen LogP contribution in [-0.2, 0) is 30.4 Å². The van der Waals surface area contributed by atoms with E-state index in [1.54, 1.807) is 103 Å². The number of likely N-dealkylation sites (tertiary alicyclic amines) is 2. The second kappa shape index (κ2) is 15.3. The van der Waals surface area contributed by atoms with Gasteiger partial charge in [0.1, 0.15) is 12.1 Å². The van der Waals surface area contributed by atoms with Crippen molar-refractivity contribution in [3.8, 4) is 22.8 Å². The topological polar surface area (TPSA) is 165 Å². The highest BCUT2D eigenvalue weighted by Gasteiger charge is 2.44. The fourth-order valence-electron chi connectivity index (χ4n) is 7.30. The first kappa shape index (κ1) is 37.2. The van der Waals surface area contributed by atoms with Crippen LogP contribution in [0.5, 0.6) is 0 Å². The van der Waals surface area contributed by atoms with Gasteiger partial charge in [-0.1, -0.05) is 60.7 Å². The summed E-state index contributed by atoms with van der Waals surface area (Å²) in [6.45, 7) is 3.67. The first-order valence-electron chi connectivity index (χ1n) is 18.4. The number of nitrogens with one attached hydrogen (secondary N) is 2. The van der Waals surface area contributed by atoms with Gasteiger partial charge < -0.3 is 35.1 Å². The minimum atomic E-state index is -1.76. The van der Waals surface area contributed by atoms with Crippen LogP contribution < -0.4 is 10.6 Å². The molecule has 4 N–H and O–H groups in total. The van der Waals surface area contributed by atoms with Crippen molar-refractivity contribution in [3.63, 3.8) is 0 Å². The Morgan fingerprint density at radius 1 is 0.636 bits per heavy atom. The summed E-state index contributed by atoms with van der Waals surface area (Å²) in [5.74, 6) is -0.784. The Balaban J connectivity index is 0.950. The minimum absolute atomic E-state index is 0.325. The Morgan fingerprint density at radius 3 is 1.49 bits per heavy atom. The molecule has 0 spiro atoms. The molecule has 7 rings (SSSR count). The molecule has 55 heavy (non-hydrogen) atoms. The maximum absolute atomic E-state index is 13.4. The molecular formula is C43H43N5O7. The molecule has 282 valence electrons. The minimum Gasteiger partial charge on any atom is -0.436 e. The van der Waals surface area contributed by atoms with E-state index in [0.717, 1.165) is 5.56 Å². The number of amides is 4. The quantitative estimate of drug-likeness (QED) is 0.142. The number of oxazole rings is 1. The molecule has 12 nitrogen and oxygen atoms in total. The van der Waals surface area contributed by atoms with Crippen LogP contribution in [0.25, 0.3) is 22.8 Å². The number of aliphatic hydroxyl groups is 2. The average molecular weight is 742 g/mol. The van der Waals surface area contributed by atoms with Crippen molar-refractivity contribution in [3.05, 3.63) is 127 Å². The van der Waals surface area contributed by atoms with Crippen LogP contribution in [0.4, 0.5) is 11.4 Å². The van der Waals surface area contributed by atoms with Crippen LogP contribution in [0.15, 0.2) is 120 Å². The van der Waals surface area contributed by atoms with Gasteiger partial charge in [0, 0.05) is 35.6 Å². The van der Waals surface area contributed by atoms with E-state index < -0.39 is 35.1 Å². The van der Waals surface area contributed by atoms with Crippen LogP contribution in [0.3, 0.4) is 0 Å². The Morgan fingerprint density at radius 2 is 1.05 bits per heavy atom. The van der Waals surface area contributed by atoms with E-state index in [1.807, 2.05) is 12.1 Å². The summed E-state index contributed by atoms with van der Waals surface area (Å²) in [5.41, 5.74) is -0.0659. The lowest BCUT2D eigenvalue weighted by Gasteiger charge is -2.31. The van der Waals surface area contributed by atoms with Crippen molar-refractivity contribution in [2.24, 2.45) is 0 Å². The molecule has 0 aliphatic carbocycles. The van der Waals surface area contributed by atoms with Gasteiger partial charge in [-0.15, -0.1) is 0 Å². The smallest absolute Gasteiger partial charge is 0.259 e. The van der Waals surface area contributed by atoms with E-state index in [2.05, 4.69) is 15.6 Å². The van der Waals surface area contributed by atoms with Gasteiger partial charge in [-0.2, -0.15) is 0 Å². The summed E-state index contributed by atoms with van der Waals surface area (Å²) in [7, 11) is 0. The van der Waals surface area contributed by atoms with Gasteiger partial charge in [-0.25, -0.2) is 4.98 Å². The summed E-state index contributed by atoms with van der Waals surface area (Å²) in [6, 6.07) is 30.1. The number of hydrogen-bond donors (Lipinski definition) is 4. The third-order valence-corrected chi connectivity index (χ3v) is 10.5. The van der Waals surface area contributed by atoms with Crippen molar-refractivity contribution >= 4 is 35.0 Å². The fourth-order valence-corrected chi connectivity index (χ4v) is 7.30. The molecule has 2 aliphatic heterocycles. The number of benzene rings is 4. The second-order valence-electron chi connectivity index (χ2n) is 14.4. The van der Waals surface area contributed by atoms with Crippen molar-refractivity contribution in [1.82, 2.24) is 14.8 Å². The van der Waals surface area contributed by atoms with Crippen LogP contribution in [0.1, 0.15) is 50.7 Å². The zero-order valence-electron chi connectivity index (χ0n) is 30.6. The zero-order valence-corrected chi connectivity index (χ0v) is 30.6. The molecule has 2 aliphatic rings. The first-order valence-corrected chi connectivity index (χ1v) is 18.4. The number of hydrogen-bond acceptors (Lipinski definition) is 8. The summed E-state index contributed by atoms with van der Waals surface area (Å²) in [4.78, 5) is 60.8. The molecule has 0 saturated carbocycles. The molecule has 2 fully saturated rings. The van der Waals surface area contributed by atoms with Gasteiger partial charge >= 0.3 is 0 Å². The number of anilines is 2. The summed E-state index contributed by atoms with van der Waals surface area (Å²) < 4.78 is 6.06. The van der Waals surface area contributed by atoms with Crippen LogP contribution >= 0.6 is 0 Å². The first-order chi connectivity index (χ1) is 26.4. The maximum Gasteiger partial charge on any atom is 0.259 e. The molecular weight excluding hydrogens is 699 g/mol. The molecule has 0 unspecified atom stereocenters. The van der Waals surface area contributed by atoms with Crippen LogP contribution in [0.2, 0.25) is 0 Å². The molecule has 1 aromatic heterocycles. The number of rotatable bonds is 10. The predicted molar refractivity (Wildman–Crippen MR) is 206 cm³/mol. The number of carbonyl (C=O) groups is 4. The molecule has 3 heterocycles. The zero-order chi connectivity index (χ0) is 38.7. The molecule has 4 atom stereocenters. The lowest BCUT2D eigenvalue weighted by Crippen LogP contribution is -2.50. The molecule has 2 saturated heterocycles. The largest absolute Gasteiger partial charge is 0.436 e. The number of carbonyl (C=O) groups excluding carboxylic acids is 4. The second-order valence-corrected chi connectivity index (χ2v) is 14.4. The SMILES string of the molecule is C[C@@](O)(C(=O)N1CCC[C@H]1C(=O)Nc1ccc(-c2cnc(-c3ccc(NC(=O)[C@@H]4CCCN4C(=O)[C@@](C)(O)c4ccccc4)cc3)o2)cc1)c1ccccc1. The van der Waals surface area contributed by atoms with E-state index in [-0.39, 0.29) is 11.8 Å². The van der Waals surface area contributed by atoms with Crippen molar-refractivity contribution in [2.45, 2.75) is 62.8 Å². The van der Waals surface area contributed by atoms with Crippen LogP contribution in [-0.4, -0.2) is 73.8 Å². The van der Waals surface area contributed by atoms with Gasteiger partial charge in [0.15, 0.2) is 17.0 Å². The number of aromatic nitrogens is 1. The highest BCUT2D eigenvalue weighted by Crippen LogP contribution is 2.32. The van der Waals surface area contributed by atoms with Crippen molar-refractivity contribution in [2.75, 3.05) is 23.7 Å². The third-order valence-electron chi connectivity index (χ3n) is 10.5. The van der Waals surface area contributed by atoms with E-state index in [0.29, 0.717) is 78.5 Å². The summed E-state index contributed by atoms with van der Waals surface area (Å²) in [5, 5.41) is 28.0. The summed E-state index contributed by atoms with van der Waals surface area (Å²) >= 11 is 0. The Kier molecular flexibility index (Phi) is 10.4. The van der Waals surface area contributed by atoms with Gasteiger partial charge in [-0.3, -0.25) is 19.2 Å². The van der Waals surface area contributed by atoms with E-state index in [9.17, 15) is 29.4 Å². The normalized spacial score (nSPS) is 19.0. The molecule has 4 aromatic carbocycles. The highest BCUT2D eigenvalue weighted by atomic mass is 16.4. The number of nitrogens with zero attached hydrogens (tertiary/aromatic N) is 3. The molecule has 5 aromatic rings. The molecule has 12 heteroatoms. The van der Waals surface area contributed by atoms with Gasteiger partial charge in [0.2, 0.25) is 17.7 Å². The Hall–Kier alpha value is -6.11. The molecule has 0 radical (unpaired) electrons. The van der Waals surface area contributed by atoms with E-state index in [1.165, 1.54) is 23.6 Å². The monoisotopic (exact) mass is 741 g/mol. The van der Waals surface area contributed by atoms with Gasteiger partial charge in [-0.05, 0) is 99.2 Å². The van der Waals surface area contributed by atoms with Crippen molar-refractivity contribution < 1.29 is 33.8 Å². The molecule has 4 amide bonds. The lowest BCUT2D eigenvalue weighted by molar-refractivity contribution is -0.153. The third kappa shape index (κ3) is 7.64. The van der Waals surface area contributed by atoms with E-state index >= 15 is 0 Å². The van der Waals surface area contributed by atoms with Crippen molar-refractivity contribution in [1.29, 1.82) is 0 Å². The molecule has 0 bridgehead atoms. The van der Waals surface area contributed by atoms with Gasteiger partial charge in [0.05, 0.1) is 6.20 Å². The Labute approximate surface area is 318 Å². The fraction of sp³-hybridized carbons (Fsp3) is 0.279.